The summed E-state index contributed by atoms with van der Waals surface area (Å²) < 4.78 is 4.88. The van der Waals surface area contributed by atoms with Gasteiger partial charge in [0.2, 0.25) is 0 Å². The predicted molar refractivity (Wildman–Crippen MR) is 211 cm³/mol. The summed E-state index contributed by atoms with van der Waals surface area (Å²) >= 11 is 0. The van der Waals surface area contributed by atoms with Crippen molar-refractivity contribution >= 4 is 43.6 Å². The van der Waals surface area contributed by atoms with E-state index in [1.807, 2.05) is 0 Å². The molecule has 2 nitrogen and oxygen atoms in total. The van der Waals surface area contributed by atoms with Crippen molar-refractivity contribution in [2.24, 2.45) is 0 Å². The molecule has 0 aliphatic carbocycles. The molecule has 0 N–H and O–H groups in total. The summed E-state index contributed by atoms with van der Waals surface area (Å²) in [6.45, 7) is 0. The number of fused-ring (bicyclic) bond motifs is 6. The smallest absolute Gasteiger partial charge is 0.0562 e. The Labute approximate surface area is 290 Å². The van der Waals surface area contributed by atoms with Gasteiger partial charge in [0.1, 0.15) is 0 Å². The fourth-order valence-corrected chi connectivity index (χ4v) is 7.79. The third-order valence-corrected chi connectivity index (χ3v) is 10.1. The third-order valence-electron chi connectivity index (χ3n) is 10.1. The molecule has 234 valence electrons. The van der Waals surface area contributed by atoms with Crippen molar-refractivity contribution in [2.75, 3.05) is 0 Å². The minimum absolute atomic E-state index is 1.15. The van der Waals surface area contributed by atoms with Crippen LogP contribution in [0.1, 0.15) is 0 Å². The molecule has 2 heteroatoms. The van der Waals surface area contributed by atoms with E-state index in [4.69, 9.17) is 0 Å². The van der Waals surface area contributed by atoms with Gasteiger partial charge >= 0.3 is 0 Å². The van der Waals surface area contributed by atoms with Crippen molar-refractivity contribution in [1.29, 1.82) is 0 Å². The summed E-state index contributed by atoms with van der Waals surface area (Å²) in [5, 5.41) is 5.03. The Bertz CT molecular complexity index is 2820. The van der Waals surface area contributed by atoms with Crippen LogP contribution in [0, 0.1) is 0 Å². The van der Waals surface area contributed by atoms with Crippen LogP contribution in [-0.2, 0) is 0 Å². The molecular formula is C48H32N2. The highest BCUT2D eigenvalue weighted by atomic mass is 15.0. The van der Waals surface area contributed by atoms with Crippen LogP contribution >= 0.6 is 0 Å². The van der Waals surface area contributed by atoms with E-state index < -0.39 is 0 Å². The van der Waals surface area contributed by atoms with Crippen molar-refractivity contribution in [3.05, 3.63) is 194 Å². The van der Waals surface area contributed by atoms with E-state index in [2.05, 4.69) is 203 Å². The van der Waals surface area contributed by atoms with E-state index in [9.17, 15) is 0 Å². The maximum Gasteiger partial charge on any atom is 0.0562 e. The molecule has 2 aromatic heterocycles. The summed E-state index contributed by atoms with van der Waals surface area (Å²) in [7, 11) is 0. The van der Waals surface area contributed by atoms with Gasteiger partial charge in [-0.2, -0.15) is 0 Å². The highest BCUT2D eigenvalue weighted by Gasteiger charge is 2.19. The molecule has 0 saturated carbocycles. The van der Waals surface area contributed by atoms with Crippen LogP contribution < -0.4 is 0 Å². The zero-order valence-corrected chi connectivity index (χ0v) is 27.4. The molecular weight excluding hydrogens is 605 g/mol. The van der Waals surface area contributed by atoms with Gasteiger partial charge in [0, 0.05) is 32.8 Å². The first kappa shape index (κ1) is 28.4. The first-order valence-electron chi connectivity index (χ1n) is 17.2. The molecule has 0 amide bonds. The number of rotatable bonds is 5. The fraction of sp³-hybridized carbons (Fsp3) is 0. The Morgan fingerprint density at radius 1 is 0.260 bits per heavy atom. The Hall–Kier alpha value is -6.64. The first-order valence-corrected chi connectivity index (χ1v) is 17.2. The summed E-state index contributed by atoms with van der Waals surface area (Å²) in [4.78, 5) is 0. The van der Waals surface area contributed by atoms with Gasteiger partial charge in [-0.05, 0) is 70.3 Å². The van der Waals surface area contributed by atoms with E-state index in [1.165, 1.54) is 82.7 Å². The van der Waals surface area contributed by atoms with E-state index in [1.54, 1.807) is 0 Å². The minimum atomic E-state index is 1.15. The zero-order chi connectivity index (χ0) is 33.0. The average Bonchev–Trinajstić information content (AvgIpc) is 3.70. The second-order valence-electron chi connectivity index (χ2n) is 13.0. The van der Waals surface area contributed by atoms with Gasteiger partial charge in [-0.1, -0.05) is 152 Å². The van der Waals surface area contributed by atoms with Gasteiger partial charge in [-0.15, -0.1) is 0 Å². The monoisotopic (exact) mass is 636 g/mol. The highest BCUT2D eigenvalue weighted by molar-refractivity contribution is 6.19. The van der Waals surface area contributed by atoms with E-state index in [-0.39, 0.29) is 0 Å². The fourth-order valence-electron chi connectivity index (χ4n) is 7.79. The molecule has 0 radical (unpaired) electrons. The molecule has 0 aliphatic rings. The molecule has 0 atom stereocenters. The number of hydrogen-bond acceptors (Lipinski definition) is 0. The molecule has 10 aromatic rings. The molecule has 0 unspecified atom stereocenters. The number of para-hydroxylation sites is 3. The van der Waals surface area contributed by atoms with Crippen LogP contribution in [-0.4, -0.2) is 9.13 Å². The molecule has 0 spiro atoms. The third kappa shape index (κ3) is 4.50. The van der Waals surface area contributed by atoms with E-state index in [0.717, 1.165) is 5.69 Å². The summed E-state index contributed by atoms with van der Waals surface area (Å²) in [6, 6.07) is 70.3. The maximum atomic E-state index is 2.46. The van der Waals surface area contributed by atoms with Crippen molar-refractivity contribution in [3.8, 4) is 44.8 Å². The Balaban J connectivity index is 1.17. The molecule has 50 heavy (non-hydrogen) atoms. The standard InChI is InChI=1S/C48H32N2/c1-3-13-33(14-4-1)34-23-25-35(26-24-34)36-27-29-38(30-28-36)49-45-21-11-8-18-40(45)42-31-43-41-19-9-12-22-46(41)50(48(43)32-47(42)49)44-20-10-7-17-39(44)37-15-5-2-6-16-37/h1-32H. The number of aromatic nitrogens is 2. The number of hydrogen-bond donors (Lipinski definition) is 0. The van der Waals surface area contributed by atoms with Crippen LogP contribution in [0.2, 0.25) is 0 Å². The van der Waals surface area contributed by atoms with Gasteiger partial charge in [0.05, 0.1) is 27.8 Å². The quantitative estimate of drug-likeness (QED) is 0.178. The van der Waals surface area contributed by atoms with Crippen LogP contribution in [0.3, 0.4) is 0 Å². The van der Waals surface area contributed by atoms with E-state index >= 15 is 0 Å². The normalized spacial score (nSPS) is 11.6. The molecule has 0 saturated heterocycles. The van der Waals surface area contributed by atoms with Crippen LogP contribution in [0.25, 0.3) is 88.4 Å². The van der Waals surface area contributed by atoms with Gasteiger partial charge < -0.3 is 9.13 Å². The lowest BCUT2D eigenvalue weighted by Crippen LogP contribution is -1.98. The maximum absolute atomic E-state index is 2.46. The lowest BCUT2D eigenvalue weighted by molar-refractivity contribution is 1.17. The lowest BCUT2D eigenvalue weighted by Gasteiger charge is -2.14. The van der Waals surface area contributed by atoms with Crippen molar-refractivity contribution in [3.63, 3.8) is 0 Å². The van der Waals surface area contributed by atoms with Crippen LogP contribution in [0.15, 0.2) is 194 Å². The van der Waals surface area contributed by atoms with E-state index in [0.29, 0.717) is 0 Å². The average molecular weight is 637 g/mol. The molecule has 10 rings (SSSR count). The Morgan fingerprint density at radius 3 is 1.32 bits per heavy atom. The van der Waals surface area contributed by atoms with Gasteiger partial charge in [-0.3, -0.25) is 0 Å². The molecule has 2 heterocycles. The van der Waals surface area contributed by atoms with Gasteiger partial charge in [0.25, 0.3) is 0 Å². The van der Waals surface area contributed by atoms with Crippen molar-refractivity contribution in [2.45, 2.75) is 0 Å². The molecule has 8 aromatic carbocycles. The summed E-state index contributed by atoms with van der Waals surface area (Å²) in [5.74, 6) is 0. The Kier molecular flexibility index (Phi) is 6.53. The zero-order valence-electron chi connectivity index (χ0n) is 27.4. The minimum Gasteiger partial charge on any atom is -0.309 e. The molecule has 0 fully saturated rings. The first-order chi connectivity index (χ1) is 24.8. The molecule has 0 bridgehead atoms. The highest BCUT2D eigenvalue weighted by Crippen LogP contribution is 2.41. The second kappa shape index (κ2) is 11.5. The Morgan fingerprint density at radius 2 is 0.700 bits per heavy atom. The largest absolute Gasteiger partial charge is 0.309 e. The SMILES string of the molecule is c1ccc(-c2ccc(-c3ccc(-n4c5ccccc5c5cc6c7ccccc7n(-c7ccccc7-c7ccccc7)c6cc54)cc3)cc2)cc1. The second-order valence-corrected chi connectivity index (χ2v) is 13.0. The predicted octanol–water partition coefficient (Wildman–Crippen LogP) is 12.9. The van der Waals surface area contributed by atoms with Crippen molar-refractivity contribution < 1.29 is 0 Å². The molecule has 0 aliphatic heterocycles. The number of nitrogens with zero attached hydrogens (tertiary/aromatic N) is 2. The summed E-state index contributed by atoms with van der Waals surface area (Å²) in [6.07, 6.45) is 0. The van der Waals surface area contributed by atoms with Crippen molar-refractivity contribution in [1.82, 2.24) is 9.13 Å². The lowest BCUT2D eigenvalue weighted by atomic mass is 10.0. The number of benzene rings is 8. The topological polar surface area (TPSA) is 9.86 Å². The van der Waals surface area contributed by atoms with Crippen LogP contribution in [0.4, 0.5) is 0 Å². The van der Waals surface area contributed by atoms with Gasteiger partial charge in [-0.25, -0.2) is 0 Å². The van der Waals surface area contributed by atoms with Gasteiger partial charge in [0.15, 0.2) is 0 Å². The van der Waals surface area contributed by atoms with Crippen LogP contribution in [0.5, 0.6) is 0 Å². The summed E-state index contributed by atoms with van der Waals surface area (Å²) in [5.41, 5.74) is 14.4.